The van der Waals surface area contributed by atoms with Crippen LogP contribution in [-0.2, 0) is 11.3 Å². The zero-order valence-electron chi connectivity index (χ0n) is 10.6. The van der Waals surface area contributed by atoms with Crippen molar-refractivity contribution < 1.29 is 9.79 Å². The third-order valence-corrected chi connectivity index (χ3v) is 4.19. The van der Waals surface area contributed by atoms with Gasteiger partial charge >= 0.3 is 11.9 Å². The summed E-state index contributed by atoms with van der Waals surface area (Å²) in [7, 11) is 0. The number of thiophene rings is 1. The van der Waals surface area contributed by atoms with Gasteiger partial charge in [0.05, 0.1) is 5.02 Å². The number of hydrogen-bond donors (Lipinski definition) is 2. The molecular weight excluding hydrogens is 294 g/mol. The van der Waals surface area contributed by atoms with E-state index < -0.39 is 0 Å². The molecule has 1 amide bonds. The molecule has 0 bridgehead atoms. The number of amides is 1. The maximum atomic E-state index is 12.0. The Morgan fingerprint density at radius 3 is 2.90 bits per heavy atom. The van der Waals surface area contributed by atoms with Crippen molar-refractivity contribution in [2.45, 2.75) is 6.54 Å². The molecule has 0 atom stereocenters. The van der Waals surface area contributed by atoms with Crippen molar-refractivity contribution >= 4 is 40.5 Å². The quantitative estimate of drug-likeness (QED) is 0.898. The van der Waals surface area contributed by atoms with Crippen molar-refractivity contribution in [1.29, 1.82) is 0 Å². The van der Waals surface area contributed by atoms with Crippen LogP contribution in [0.15, 0.2) is 41.8 Å². The number of para-hydroxylation sites is 1. The molecule has 1 aromatic heterocycles. The van der Waals surface area contributed by atoms with E-state index in [-0.39, 0.29) is 5.91 Å². The molecule has 0 saturated heterocycles. The molecule has 6 heteroatoms. The second kappa shape index (κ2) is 5.64. The average molecular weight is 307 g/mol. The van der Waals surface area contributed by atoms with Crippen LogP contribution in [0, 0.1) is 0 Å². The predicted molar refractivity (Wildman–Crippen MR) is 80.8 cm³/mol. The molecule has 102 valence electrons. The van der Waals surface area contributed by atoms with Gasteiger partial charge < -0.3 is 0 Å². The third kappa shape index (κ3) is 2.69. The van der Waals surface area contributed by atoms with Gasteiger partial charge in [-0.05, 0) is 23.6 Å². The first kappa shape index (κ1) is 13.1. The number of nitrogens with zero attached hydrogens (tertiary/aromatic N) is 1. The second-order valence-electron chi connectivity index (χ2n) is 4.37. The zero-order chi connectivity index (χ0) is 13.9. The number of anilines is 1. The van der Waals surface area contributed by atoms with E-state index in [9.17, 15) is 4.79 Å². The van der Waals surface area contributed by atoms with Crippen LogP contribution in [0.25, 0.3) is 0 Å². The SMILES string of the molecule is O=C1C[NH+]=C(Nc2ccccc2Cl)N1Cc1cccs1. The average Bonchev–Trinajstić information content (AvgIpc) is 3.06. The molecule has 0 radical (unpaired) electrons. The maximum Gasteiger partial charge on any atom is 0.359 e. The van der Waals surface area contributed by atoms with E-state index in [1.807, 2.05) is 41.8 Å². The summed E-state index contributed by atoms with van der Waals surface area (Å²) in [5, 5.41) is 5.81. The molecule has 1 aliphatic rings. The predicted octanol–water partition coefficient (Wildman–Crippen LogP) is 1.29. The van der Waals surface area contributed by atoms with Crippen molar-refractivity contribution in [2.24, 2.45) is 0 Å². The van der Waals surface area contributed by atoms with Gasteiger partial charge in [0.1, 0.15) is 12.2 Å². The number of hydrogen-bond acceptors (Lipinski definition) is 3. The summed E-state index contributed by atoms with van der Waals surface area (Å²) in [6.45, 7) is 0.869. The lowest BCUT2D eigenvalue weighted by Gasteiger charge is -2.11. The molecule has 1 aromatic carbocycles. The largest absolute Gasteiger partial charge is 0.359 e. The van der Waals surface area contributed by atoms with Gasteiger partial charge in [0.15, 0.2) is 6.54 Å². The van der Waals surface area contributed by atoms with E-state index in [0.29, 0.717) is 24.1 Å². The van der Waals surface area contributed by atoms with Gasteiger partial charge in [-0.2, -0.15) is 4.90 Å². The minimum Gasteiger partial charge on any atom is -0.266 e. The Hall–Kier alpha value is -1.85. The Balaban J connectivity index is 1.78. The first-order valence-electron chi connectivity index (χ1n) is 6.19. The summed E-state index contributed by atoms with van der Waals surface area (Å²) in [5.41, 5.74) is 0.780. The summed E-state index contributed by atoms with van der Waals surface area (Å²) in [5.74, 6) is 0.726. The third-order valence-electron chi connectivity index (χ3n) is 3.00. The minimum atomic E-state index is 0.0490. The molecule has 0 saturated carbocycles. The van der Waals surface area contributed by atoms with Crippen molar-refractivity contribution in [3.05, 3.63) is 51.7 Å². The Kier molecular flexibility index (Phi) is 3.71. The van der Waals surface area contributed by atoms with Crippen LogP contribution >= 0.6 is 22.9 Å². The Morgan fingerprint density at radius 1 is 1.30 bits per heavy atom. The Morgan fingerprint density at radius 2 is 2.15 bits per heavy atom. The van der Waals surface area contributed by atoms with E-state index in [2.05, 4.69) is 10.3 Å². The van der Waals surface area contributed by atoms with Gasteiger partial charge in [0, 0.05) is 4.88 Å². The monoisotopic (exact) mass is 306 g/mol. The smallest absolute Gasteiger partial charge is 0.266 e. The molecule has 2 aromatic rings. The van der Waals surface area contributed by atoms with Crippen LogP contribution in [0.2, 0.25) is 5.02 Å². The topological polar surface area (TPSA) is 46.3 Å². The van der Waals surface area contributed by atoms with Crippen molar-refractivity contribution in [1.82, 2.24) is 4.90 Å². The number of carbonyl (C=O) groups is 1. The molecule has 2 heterocycles. The molecule has 0 aliphatic carbocycles. The fourth-order valence-electron chi connectivity index (χ4n) is 2.00. The molecule has 0 fully saturated rings. The molecule has 0 unspecified atom stereocenters. The van der Waals surface area contributed by atoms with Gasteiger partial charge in [-0.3, -0.25) is 9.79 Å². The Labute approximate surface area is 125 Å². The van der Waals surface area contributed by atoms with Crippen LogP contribution in [0.3, 0.4) is 0 Å². The van der Waals surface area contributed by atoms with Crippen LogP contribution in [0.5, 0.6) is 0 Å². The highest BCUT2D eigenvalue weighted by atomic mass is 35.5. The van der Waals surface area contributed by atoms with Crippen LogP contribution in [-0.4, -0.2) is 23.3 Å². The van der Waals surface area contributed by atoms with Gasteiger partial charge in [-0.1, -0.05) is 29.8 Å². The highest BCUT2D eigenvalue weighted by molar-refractivity contribution is 7.09. The molecule has 0 spiro atoms. The summed E-state index contributed by atoms with van der Waals surface area (Å²) >= 11 is 7.76. The standard InChI is InChI=1S/C14H12ClN3OS/c15-11-5-1-2-6-12(11)17-14-16-8-13(19)18(14)9-10-4-3-7-20-10/h1-7H,8-9H2,(H,16,17)/p+1. The maximum absolute atomic E-state index is 12.0. The van der Waals surface area contributed by atoms with Crippen LogP contribution in [0.1, 0.15) is 4.88 Å². The Bertz CT molecular complexity index is 654. The normalized spacial score (nSPS) is 14.6. The number of rotatable bonds is 3. The second-order valence-corrected chi connectivity index (χ2v) is 5.81. The lowest BCUT2D eigenvalue weighted by molar-refractivity contribution is -0.438. The fourth-order valence-corrected chi connectivity index (χ4v) is 2.88. The van der Waals surface area contributed by atoms with Gasteiger partial charge in [0.25, 0.3) is 0 Å². The van der Waals surface area contributed by atoms with E-state index in [1.165, 1.54) is 0 Å². The number of guanidine groups is 1. The summed E-state index contributed by atoms with van der Waals surface area (Å²) < 4.78 is 0. The fraction of sp³-hybridized carbons (Fsp3) is 0.143. The molecule has 2 N–H and O–H groups in total. The molecule has 3 rings (SSSR count). The number of halogens is 1. The zero-order valence-corrected chi connectivity index (χ0v) is 12.2. The molecular formula is C14H13ClN3OS+. The highest BCUT2D eigenvalue weighted by Crippen LogP contribution is 2.21. The number of carbonyl (C=O) groups excluding carboxylic acids is 1. The van der Waals surface area contributed by atoms with Gasteiger partial charge in [0.2, 0.25) is 0 Å². The van der Waals surface area contributed by atoms with E-state index in [4.69, 9.17) is 11.6 Å². The summed E-state index contributed by atoms with van der Waals surface area (Å²) in [6.07, 6.45) is 0. The lowest BCUT2D eigenvalue weighted by Crippen LogP contribution is -2.72. The van der Waals surface area contributed by atoms with Gasteiger partial charge in [-0.25, -0.2) is 5.32 Å². The van der Waals surface area contributed by atoms with Crippen LogP contribution < -0.4 is 10.3 Å². The van der Waals surface area contributed by atoms with E-state index in [0.717, 1.165) is 10.6 Å². The minimum absolute atomic E-state index is 0.0490. The van der Waals surface area contributed by atoms with Crippen molar-refractivity contribution in [3.8, 4) is 0 Å². The van der Waals surface area contributed by atoms with Crippen LogP contribution in [0.4, 0.5) is 5.69 Å². The van der Waals surface area contributed by atoms with Gasteiger partial charge in [-0.15, -0.1) is 11.3 Å². The van der Waals surface area contributed by atoms with E-state index >= 15 is 0 Å². The number of nitrogens with one attached hydrogen (secondary N) is 2. The number of benzene rings is 1. The molecule has 20 heavy (non-hydrogen) atoms. The highest BCUT2D eigenvalue weighted by Gasteiger charge is 2.33. The van der Waals surface area contributed by atoms with Crippen molar-refractivity contribution in [2.75, 3.05) is 11.9 Å². The molecule has 1 aliphatic heterocycles. The lowest BCUT2D eigenvalue weighted by atomic mass is 10.3. The summed E-state index contributed by atoms with van der Waals surface area (Å²) in [4.78, 5) is 17.9. The molecule has 4 nitrogen and oxygen atoms in total. The van der Waals surface area contributed by atoms with Crippen molar-refractivity contribution in [3.63, 3.8) is 0 Å². The first-order valence-corrected chi connectivity index (χ1v) is 7.45. The van der Waals surface area contributed by atoms with E-state index in [1.54, 1.807) is 16.2 Å². The summed E-state index contributed by atoms with van der Waals surface area (Å²) in [6, 6.07) is 11.5. The first-order chi connectivity index (χ1) is 9.74.